The lowest BCUT2D eigenvalue weighted by Crippen LogP contribution is -2.28. The highest BCUT2D eigenvalue weighted by Gasteiger charge is 2.25. The highest BCUT2D eigenvalue weighted by atomic mass is 16.5. The summed E-state index contributed by atoms with van der Waals surface area (Å²) >= 11 is 0. The maximum atomic E-state index is 11.7. The fraction of sp³-hybridized carbons (Fsp3) is 0.583. The second-order valence-electron chi connectivity index (χ2n) is 4.87. The molecule has 0 aromatic carbocycles. The molecule has 5 nitrogen and oxygen atoms in total. The van der Waals surface area contributed by atoms with Crippen molar-refractivity contribution >= 4 is 5.97 Å². The molecule has 0 spiro atoms. The van der Waals surface area contributed by atoms with Crippen LogP contribution in [0.4, 0.5) is 0 Å². The molecular weight excluding hydrogens is 220 g/mol. The number of hydrogen-bond acceptors (Lipinski definition) is 4. The molecule has 0 fully saturated rings. The zero-order valence-electron chi connectivity index (χ0n) is 10.9. The highest BCUT2D eigenvalue weighted by Crippen LogP contribution is 2.23. The van der Waals surface area contributed by atoms with Crippen LogP contribution in [-0.2, 0) is 10.2 Å². The Bertz CT molecular complexity index is 484. The standard InChI is InChI=1S/C12H18N2O3/c1-6-17-11(16)8-7(2)9(12(3,4)5)13-14-10(8)15/h6H2,1-5H3,(H,14,15). The Balaban J connectivity index is 3.41. The summed E-state index contributed by atoms with van der Waals surface area (Å²) in [5, 5.41) is 6.36. The van der Waals surface area contributed by atoms with E-state index in [1.165, 1.54) is 0 Å². The van der Waals surface area contributed by atoms with E-state index in [1.807, 2.05) is 20.8 Å². The maximum Gasteiger partial charge on any atom is 0.344 e. The van der Waals surface area contributed by atoms with E-state index in [0.717, 1.165) is 0 Å². The molecule has 0 saturated heterocycles. The normalized spacial score (nSPS) is 11.4. The summed E-state index contributed by atoms with van der Waals surface area (Å²) < 4.78 is 4.87. The number of hydrogen-bond donors (Lipinski definition) is 1. The van der Waals surface area contributed by atoms with Gasteiger partial charge in [-0.25, -0.2) is 9.89 Å². The largest absolute Gasteiger partial charge is 0.462 e. The van der Waals surface area contributed by atoms with Gasteiger partial charge in [0.2, 0.25) is 0 Å². The van der Waals surface area contributed by atoms with Gasteiger partial charge in [0.15, 0.2) is 0 Å². The van der Waals surface area contributed by atoms with Gasteiger partial charge in [0, 0.05) is 5.41 Å². The average Bonchev–Trinajstić information content (AvgIpc) is 2.15. The van der Waals surface area contributed by atoms with Crippen LogP contribution in [0.1, 0.15) is 49.3 Å². The van der Waals surface area contributed by atoms with Crippen molar-refractivity contribution in [1.82, 2.24) is 10.2 Å². The van der Waals surface area contributed by atoms with Crippen molar-refractivity contribution in [3.8, 4) is 0 Å². The third-order valence-corrected chi connectivity index (χ3v) is 2.42. The number of rotatable bonds is 2. The van der Waals surface area contributed by atoms with E-state index in [-0.39, 0.29) is 17.6 Å². The maximum absolute atomic E-state index is 11.7. The lowest BCUT2D eigenvalue weighted by molar-refractivity contribution is 0.0522. The Hall–Kier alpha value is -1.65. The minimum Gasteiger partial charge on any atom is -0.462 e. The van der Waals surface area contributed by atoms with Gasteiger partial charge in [0.1, 0.15) is 5.56 Å². The molecule has 0 aliphatic heterocycles. The van der Waals surface area contributed by atoms with Crippen molar-refractivity contribution in [1.29, 1.82) is 0 Å². The van der Waals surface area contributed by atoms with E-state index in [4.69, 9.17) is 4.74 Å². The first-order valence-electron chi connectivity index (χ1n) is 5.56. The molecule has 0 bridgehead atoms. The Morgan fingerprint density at radius 1 is 1.41 bits per heavy atom. The number of H-pyrrole nitrogens is 1. The van der Waals surface area contributed by atoms with Gasteiger partial charge in [-0.05, 0) is 19.4 Å². The van der Waals surface area contributed by atoms with Gasteiger partial charge in [-0.1, -0.05) is 20.8 Å². The topological polar surface area (TPSA) is 72.0 Å². The van der Waals surface area contributed by atoms with Crippen molar-refractivity contribution in [2.24, 2.45) is 0 Å². The summed E-state index contributed by atoms with van der Waals surface area (Å²) in [6, 6.07) is 0. The monoisotopic (exact) mass is 238 g/mol. The second-order valence-corrected chi connectivity index (χ2v) is 4.87. The summed E-state index contributed by atoms with van der Waals surface area (Å²) in [7, 11) is 0. The highest BCUT2D eigenvalue weighted by molar-refractivity contribution is 5.90. The lowest BCUT2D eigenvalue weighted by atomic mass is 9.88. The number of nitrogens with one attached hydrogen (secondary N) is 1. The van der Waals surface area contributed by atoms with Crippen molar-refractivity contribution in [2.45, 2.75) is 40.0 Å². The van der Waals surface area contributed by atoms with Gasteiger partial charge < -0.3 is 4.74 Å². The quantitative estimate of drug-likeness (QED) is 0.793. The minimum atomic E-state index is -0.598. The van der Waals surface area contributed by atoms with Crippen LogP contribution in [0, 0.1) is 6.92 Å². The molecule has 0 radical (unpaired) electrons. The molecule has 1 rings (SSSR count). The van der Waals surface area contributed by atoms with E-state index in [1.54, 1.807) is 13.8 Å². The fourth-order valence-electron chi connectivity index (χ4n) is 1.71. The van der Waals surface area contributed by atoms with Crippen LogP contribution in [0.3, 0.4) is 0 Å². The number of carbonyl (C=O) groups is 1. The first-order chi connectivity index (χ1) is 7.79. The van der Waals surface area contributed by atoms with Crippen LogP contribution in [0.2, 0.25) is 0 Å². The number of nitrogens with zero attached hydrogens (tertiary/aromatic N) is 1. The second kappa shape index (κ2) is 4.69. The smallest absolute Gasteiger partial charge is 0.344 e. The summed E-state index contributed by atoms with van der Waals surface area (Å²) in [4.78, 5) is 23.3. The van der Waals surface area contributed by atoms with Gasteiger partial charge in [0.25, 0.3) is 5.56 Å². The van der Waals surface area contributed by atoms with Gasteiger partial charge in [0.05, 0.1) is 12.3 Å². The van der Waals surface area contributed by atoms with Crippen LogP contribution in [0.5, 0.6) is 0 Å². The van der Waals surface area contributed by atoms with E-state index < -0.39 is 11.5 Å². The van der Waals surface area contributed by atoms with Crippen LogP contribution < -0.4 is 5.56 Å². The first kappa shape index (κ1) is 13.4. The van der Waals surface area contributed by atoms with E-state index >= 15 is 0 Å². The number of carbonyl (C=O) groups excluding carboxylic acids is 1. The molecule has 94 valence electrons. The molecule has 0 aliphatic carbocycles. The Labute approximate surface area is 100 Å². The van der Waals surface area contributed by atoms with E-state index in [0.29, 0.717) is 11.3 Å². The van der Waals surface area contributed by atoms with Gasteiger partial charge in [-0.15, -0.1) is 0 Å². The molecule has 5 heteroatoms. The molecule has 1 N–H and O–H groups in total. The van der Waals surface area contributed by atoms with Crippen LogP contribution >= 0.6 is 0 Å². The predicted molar refractivity (Wildman–Crippen MR) is 64.3 cm³/mol. The zero-order chi connectivity index (χ0) is 13.2. The molecule has 0 aliphatic rings. The Morgan fingerprint density at radius 2 is 2.00 bits per heavy atom. The Morgan fingerprint density at radius 3 is 2.47 bits per heavy atom. The van der Waals surface area contributed by atoms with Gasteiger partial charge in [-0.2, -0.15) is 5.10 Å². The van der Waals surface area contributed by atoms with E-state index in [2.05, 4.69) is 10.2 Å². The molecule has 1 aromatic rings. The fourth-order valence-corrected chi connectivity index (χ4v) is 1.71. The molecule has 0 saturated carbocycles. The van der Waals surface area contributed by atoms with Crippen LogP contribution in [0.15, 0.2) is 4.79 Å². The molecule has 0 unspecified atom stereocenters. The van der Waals surface area contributed by atoms with Crippen molar-refractivity contribution in [2.75, 3.05) is 6.61 Å². The van der Waals surface area contributed by atoms with Crippen molar-refractivity contribution < 1.29 is 9.53 Å². The average molecular weight is 238 g/mol. The molecule has 1 heterocycles. The summed E-state index contributed by atoms with van der Waals surface area (Å²) in [5.41, 5.74) is 0.579. The first-order valence-corrected chi connectivity index (χ1v) is 5.56. The third kappa shape index (κ3) is 2.72. The number of esters is 1. The van der Waals surface area contributed by atoms with Gasteiger partial charge in [-0.3, -0.25) is 4.79 Å². The summed E-state index contributed by atoms with van der Waals surface area (Å²) in [5.74, 6) is -0.598. The van der Waals surface area contributed by atoms with Crippen molar-refractivity contribution in [3.05, 3.63) is 27.2 Å². The number of aromatic amines is 1. The van der Waals surface area contributed by atoms with Crippen molar-refractivity contribution in [3.63, 3.8) is 0 Å². The molecule has 17 heavy (non-hydrogen) atoms. The number of ether oxygens (including phenoxy) is 1. The molecule has 1 aromatic heterocycles. The van der Waals surface area contributed by atoms with Gasteiger partial charge >= 0.3 is 5.97 Å². The number of aromatic nitrogens is 2. The third-order valence-electron chi connectivity index (χ3n) is 2.42. The predicted octanol–water partition coefficient (Wildman–Crippen LogP) is 1.55. The Kier molecular flexibility index (Phi) is 3.70. The molecule has 0 atom stereocenters. The molecular formula is C12H18N2O3. The van der Waals surface area contributed by atoms with Crippen LogP contribution in [0.25, 0.3) is 0 Å². The minimum absolute atomic E-state index is 0.0479. The SMILES string of the molecule is CCOC(=O)c1c(C)c(C(C)(C)C)n[nH]c1=O. The zero-order valence-corrected chi connectivity index (χ0v) is 10.9. The lowest BCUT2D eigenvalue weighted by Gasteiger charge is -2.20. The van der Waals surface area contributed by atoms with E-state index in [9.17, 15) is 9.59 Å². The summed E-state index contributed by atoms with van der Waals surface area (Å²) in [6.07, 6.45) is 0. The van der Waals surface area contributed by atoms with Crippen LogP contribution in [-0.4, -0.2) is 22.8 Å². The summed E-state index contributed by atoms with van der Waals surface area (Å²) in [6.45, 7) is 9.56. The molecule has 0 amide bonds.